The maximum Gasteiger partial charge on any atom is 0.416 e. The highest BCUT2D eigenvalue weighted by molar-refractivity contribution is 5.79. The Morgan fingerprint density at radius 2 is 1.71 bits per heavy atom. The van der Waals surface area contributed by atoms with Crippen molar-refractivity contribution in [1.82, 2.24) is 10.6 Å². The zero-order valence-corrected chi connectivity index (χ0v) is 15.7. The fourth-order valence-electron chi connectivity index (χ4n) is 2.60. The van der Waals surface area contributed by atoms with Gasteiger partial charge in [-0.05, 0) is 41.8 Å². The largest absolute Gasteiger partial charge is 0.416 e. The number of nitrogens with zero attached hydrogens (tertiary/aromatic N) is 1. The lowest BCUT2D eigenvalue weighted by Gasteiger charge is -2.13. The van der Waals surface area contributed by atoms with Gasteiger partial charge in [-0.15, -0.1) is 0 Å². The molecule has 0 spiro atoms. The molecule has 0 aliphatic heterocycles. The van der Waals surface area contributed by atoms with Crippen LogP contribution in [0, 0.1) is 5.82 Å². The number of rotatable bonds is 7. The zero-order chi connectivity index (χ0) is 20.6. The van der Waals surface area contributed by atoms with E-state index in [-0.39, 0.29) is 12.4 Å². The van der Waals surface area contributed by atoms with Gasteiger partial charge in [0.15, 0.2) is 5.96 Å². The summed E-state index contributed by atoms with van der Waals surface area (Å²) < 4.78 is 56.3. The number of guanidine groups is 1. The summed E-state index contributed by atoms with van der Waals surface area (Å²) in [5, 5.41) is 6.22. The molecule has 0 fully saturated rings. The van der Waals surface area contributed by atoms with E-state index in [0.717, 1.165) is 23.3 Å². The second-order valence-corrected chi connectivity index (χ2v) is 6.16. The van der Waals surface area contributed by atoms with Crippen molar-refractivity contribution in [2.45, 2.75) is 25.7 Å². The van der Waals surface area contributed by atoms with Crippen LogP contribution in [0.3, 0.4) is 0 Å². The number of halogens is 4. The lowest BCUT2D eigenvalue weighted by atomic mass is 10.1. The number of alkyl halides is 3. The van der Waals surface area contributed by atoms with E-state index < -0.39 is 11.7 Å². The van der Waals surface area contributed by atoms with Gasteiger partial charge in [0.2, 0.25) is 0 Å². The van der Waals surface area contributed by atoms with Crippen LogP contribution in [0.1, 0.15) is 22.3 Å². The second kappa shape index (κ2) is 10.1. The van der Waals surface area contributed by atoms with Crippen LogP contribution in [0.2, 0.25) is 0 Å². The molecule has 0 aliphatic carbocycles. The lowest BCUT2D eigenvalue weighted by Crippen LogP contribution is -2.37. The molecule has 0 unspecified atom stereocenters. The first-order chi connectivity index (χ1) is 13.3. The minimum absolute atomic E-state index is 0.194. The fourth-order valence-corrected chi connectivity index (χ4v) is 2.60. The summed E-state index contributed by atoms with van der Waals surface area (Å²) in [7, 11) is 3.13. The molecule has 4 nitrogen and oxygen atoms in total. The number of aliphatic imine (C=N–C) groups is 1. The maximum atomic E-state index is 13.6. The highest BCUT2D eigenvalue weighted by Crippen LogP contribution is 2.29. The second-order valence-electron chi connectivity index (χ2n) is 6.16. The lowest BCUT2D eigenvalue weighted by molar-refractivity contribution is -0.137. The molecule has 0 saturated carbocycles. The minimum atomic E-state index is -4.33. The monoisotopic (exact) mass is 397 g/mol. The standard InChI is InChI=1S/C20H23F4N3O/c1-25-19(27-12-15-5-8-18(21)16(11-15)13-28-2)26-10-9-14-3-6-17(7-4-14)20(22,23)24/h3-8,11H,9-10,12-13H2,1-2H3,(H2,25,26,27). The molecule has 2 aromatic carbocycles. The number of hydrogen-bond donors (Lipinski definition) is 2. The topological polar surface area (TPSA) is 45.7 Å². The van der Waals surface area contributed by atoms with E-state index in [1.165, 1.54) is 25.3 Å². The highest BCUT2D eigenvalue weighted by Gasteiger charge is 2.29. The predicted octanol–water partition coefficient (Wildman–Crippen LogP) is 3.90. The molecule has 0 atom stereocenters. The van der Waals surface area contributed by atoms with Crippen molar-refractivity contribution in [3.63, 3.8) is 0 Å². The number of benzene rings is 2. The summed E-state index contributed by atoms with van der Waals surface area (Å²) in [6.07, 6.45) is -3.78. The van der Waals surface area contributed by atoms with Crippen molar-refractivity contribution in [1.29, 1.82) is 0 Å². The van der Waals surface area contributed by atoms with Gasteiger partial charge in [-0.25, -0.2) is 4.39 Å². The number of nitrogens with one attached hydrogen (secondary N) is 2. The van der Waals surface area contributed by atoms with Gasteiger partial charge in [0.25, 0.3) is 0 Å². The molecule has 152 valence electrons. The van der Waals surface area contributed by atoms with E-state index in [0.29, 0.717) is 31.0 Å². The van der Waals surface area contributed by atoms with Crippen LogP contribution in [0.25, 0.3) is 0 Å². The molecule has 0 aliphatic rings. The van der Waals surface area contributed by atoms with E-state index in [4.69, 9.17) is 4.74 Å². The van der Waals surface area contributed by atoms with Crippen LogP contribution in [-0.2, 0) is 30.5 Å². The molecule has 28 heavy (non-hydrogen) atoms. The maximum absolute atomic E-state index is 13.6. The van der Waals surface area contributed by atoms with Gasteiger partial charge in [0.05, 0.1) is 12.2 Å². The van der Waals surface area contributed by atoms with Crippen LogP contribution >= 0.6 is 0 Å². The molecular formula is C20H23F4N3O. The van der Waals surface area contributed by atoms with Gasteiger partial charge in [0, 0.05) is 32.8 Å². The molecule has 2 aromatic rings. The Labute approximate surface area is 161 Å². The van der Waals surface area contributed by atoms with Gasteiger partial charge in [-0.1, -0.05) is 18.2 Å². The third kappa shape index (κ3) is 6.53. The number of ether oxygens (including phenoxy) is 1. The average Bonchev–Trinajstić information content (AvgIpc) is 2.66. The molecule has 0 radical (unpaired) electrons. The molecule has 0 saturated heterocycles. The summed E-state index contributed by atoms with van der Waals surface area (Å²) in [5.74, 6) is 0.231. The predicted molar refractivity (Wildman–Crippen MR) is 100 cm³/mol. The molecule has 8 heteroatoms. The average molecular weight is 397 g/mol. The molecule has 0 amide bonds. The Hall–Kier alpha value is -2.61. The molecular weight excluding hydrogens is 374 g/mol. The van der Waals surface area contributed by atoms with E-state index in [2.05, 4.69) is 15.6 Å². The Kier molecular flexibility index (Phi) is 7.80. The summed E-state index contributed by atoms with van der Waals surface area (Å²) in [4.78, 5) is 4.10. The van der Waals surface area contributed by atoms with Crippen molar-refractivity contribution in [2.24, 2.45) is 4.99 Å². The normalized spacial score (nSPS) is 12.1. The Balaban J connectivity index is 1.82. The number of hydrogen-bond acceptors (Lipinski definition) is 2. The van der Waals surface area contributed by atoms with E-state index in [1.54, 1.807) is 19.2 Å². The molecule has 0 heterocycles. The summed E-state index contributed by atoms with van der Waals surface area (Å²) in [6, 6.07) is 9.89. The van der Waals surface area contributed by atoms with Crippen molar-refractivity contribution < 1.29 is 22.3 Å². The van der Waals surface area contributed by atoms with Gasteiger partial charge in [-0.3, -0.25) is 4.99 Å². The molecule has 2 N–H and O–H groups in total. The van der Waals surface area contributed by atoms with Gasteiger partial charge in [-0.2, -0.15) is 13.2 Å². The van der Waals surface area contributed by atoms with E-state index in [1.807, 2.05) is 0 Å². The van der Waals surface area contributed by atoms with Gasteiger partial charge in [0.1, 0.15) is 5.82 Å². The Morgan fingerprint density at radius 3 is 2.32 bits per heavy atom. The zero-order valence-electron chi connectivity index (χ0n) is 15.7. The molecule has 0 bridgehead atoms. The minimum Gasteiger partial charge on any atom is -0.380 e. The summed E-state index contributed by atoms with van der Waals surface area (Å²) in [6.45, 7) is 1.14. The van der Waals surface area contributed by atoms with Crippen molar-refractivity contribution in [3.05, 3.63) is 70.5 Å². The molecule has 2 rings (SSSR count). The van der Waals surface area contributed by atoms with Crippen molar-refractivity contribution in [3.8, 4) is 0 Å². The molecule has 0 aromatic heterocycles. The Morgan fingerprint density at radius 1 is 1.04 bits per heavy atom. The number of methoxy groups -OCH3 is 1. The highest BCUT2D eigenvalue weighted by atomic mass is 19.4. The third-order valence-electron chi connectivity index (χ3n) is 4.08. The van der Waals surface area contributed by atoms with Crippen molar-refractivity contribution >= 4 is 5.96 Å². The van der Waals surface area contributed by atoms with Crippen LogP contribution in [0.15, 0.2) is 47.5 Å². The Bertz CT molecular complexity index is 789. The van der Waals surface area contributed by atoms with Gasteiger partial charge < -0.3 is 15.4 Å². The summed E-state index contributed by atoms with van der Waals surface area (Å²) >= 11 is 0. The van der Waals surface area contributed by atoms with Gasteiger partial charge >= 0.3 is 6.18 Å². The fraction of sp³-hybridized carbons (Fsp3) is 0.350. The van der Waals surface area contributed by atoms with E-state index in [9.17, 15) is 17.6 Å². The first kappa shape index (κ1) is 21.7. The van der Waals surface area contributed by atoms with Crippen LogP contribution in [0.5, 0.6) is 0 Å². The smallest absolute Gasteiger partial charge is 0.380 e. The summed E-state index contributed by atoms with van der Waals surface area (Å²) in [5.41, 5.74) is 1.48. The first-order valence-corrected chi connectivity index (χ1v) is 8.70. The van der Waals surface area contributed by atoms with E-state index >= 15 is 0 Å². The van der Waals surface area contributed by atoms with Crippen LogP contribution in [0.4, 0.5) is 17.6 Å². The van der Waals surface area contributed by atoms with Crippen LogP contribution in [-0.4, -0.2) is 26.7 Å². The quantitative estimate of drug-likeness (QED) is 0.423. The van der Waals surface area contributed by atoms with Crippen LogP contribution < -0.4 is 10.6 Å². The third-order valence-corrected chi connectivity index (χ3v) is 4.08. The van der Waals surface area contributed by atoms with Crippen molar-refractivity contribution in [2.75, 3.05) is 20.7 Å². The SMILES string of the molecule is CN=C(NCCc1ccc(C(F)(F)F)cc1)NCc1ccc(F)c(COC)c1. The first-order valence-electron chi connectivity index (χ1n) is 8.70.